The highest BCUT2D eigenvalue weighted by Gasteiger charge is 2.66. The molecular weight excluding hydrogens is 874 g/mol. The number of methoxy groups -OCH3 is 1. The first-order valence-corrected chi connectivity index (χ1v) is 26.0. The Balaban J connectivity index is 1.14. The van der Waals surface area contributed by atoms with Gasteiger partial charge in [0.2, 0.25) is 13.3 Å². The van der Waals surface area contributed by atoms with Crippen molar-refractivity contribution in [2.45, 2.75) is 153 Å². The number of aryl methyl sites for hydroxylation is 1. The molecule has 2 saturated carbocycles. The number of nitrogens with zero attached hydrogens (tertiary/aromatic N) is 3. The van der Waals surface area contributed by atoms with Gasteiger partial charge in [0.05, 0.1) is 48.6 Å². The number of amides is 1. The summed E-state index contributed by atoms with van der Waals surface area (Å²) in [5.74, 6) is -2.97. The summed E-state index contributed by atoms with van der Waals surface area (Å²) in [4.78, 5) is 66.7. The van der Waals surface area contributed by atoms with Crippen molar-refractivity contribution in [2.24, 2.45) is 11.8 Å². The van der Waals surface area contributed by atoms with Crippen molar-refractivity contribution in [1.29, 1.82) is 0 Å². The second-order valence-corrected chi connectivity index (χ2v) is 22.4. The highest BCUT2D eigenvalue weighted by atomic mass is 32.1. The van der Waals surface area contributed by atoms with Crippen LogP contribution >= 0.6 is 18.7 Å². The van der Waals surface area contributed by atoms with Gasteiger partial charge >= 0.3 is 5.97 Å². The molecule has 65 heavy (non-hydrogen) atoms. The molecule has 2 aliphatic heterocycles. The molecule has 4 aromatic rings. The Morgan fingerprint density at radius 2 is 1.68 bits per heavy atom. The summed E-state index contributed by atoms with van der Waals surface area (Å²) in [6.45, 7) is 6.00. The van der Waals surface area contributed by atoms with E-state index in [1.165, 1.54) is 22.3 Å². The number of carbonyl (C=O) groups excluding carboxylic acids is 3. The topological polar surface area (TPSA) is 157 Å². The predicted octanol–water partition coefficient (Wildman–Crippen LogP) is 10.5. The maximum absolute atomic E-state index is 15.0. The van der Waals surface area contributed by atoms with E-state index in [1.54, 1.807) is 7.11 Å². The molecule has 1 amide bonds. The van der Waals surface area contributed by atoms with E-state index < -0.39 is 65.7 Å². The summed E-state index contributed by atoms with van der Waals surface area (Å²) < 4.78 is 63.0. The molecule has 2 aromatic carbocycles. The van der Waals surface area contributed by atoms with Gasteiger partial charge in [0.15, 0.2) is 10.9 Å². The van der Waals surface area contributed by atoms with Crippen LogP contribution in [0.5, 0.6) is 11.5 Å². The fraction of sp³-hybridized carbons (Fsp3) is 0.571. The van der Waals surface area contributed by atoms with Crippen LogP contribution in [0.25, 0.3) is 22.3 Å². The van der Waals surface area contributed by atoms with Crippen molar-refractivity contribution in [1.82, 2.24) is 14.9 Å². The van der Waals surface area contributed by atoms with Crippen LogP contribution in [0.4, 0.5) is 13.9 Å². The molecule has 0 spiro atoms. The number of benzene rings is 2. The smallest absolute Gasteiger partial charge is 0.306 e. The number of rotatable bonds is 12. The van der Waals surface area contributed by atoms with Crippen LogP contribution in [0.15, 0.2) is 41.8 Å². The number of ketones is 1. The fourth-order valence-electron chi connectivity index (χ4n) is 10.4. The van der Waals surface area contributed by atoms with Crippen LogP contribution in [-0.4, -0.2) is 80.5 Å². The van der Waals surface area contributed by atoms with E-state index in [-0.39, 0.29) is 56.2 Å². The number of ether oxygens (including phenoxy) is 3. The number of pyridine rings is 1. The molecule has 350 valence electrons. The third kappa shape index (κ3) is 10.3. The third-order valence-corrected chi connectivity index (χ3v) is 17.7. The van der Waals surface area contributed by atoms with E-state index in [0.717, 1.165) is 74.2 Å². The highest BCUT2D eigenvalue weighted by Crippen LogP contribution is 2.75. The fourth-order valence-corrected chi connectivity index (χ4v) is 13.9. The predicted molar refractivity (Wildman–Crippen MR) is 247 cm³/mol. The van der Waals surface area contributed by atoms with Gasteiger partial charge in [-0.1, -0.05) is 38.2 Å². The van der Waals surface area contributed by atoms with Gasteiger partial charge in [-0.25, -0.2) is 18.7 Å². The van der Waals surface area contributed by atoms with E-state index in [2.05, 4.69) is 5.32 Å². The quantitative estimate of drug-likeness (QED) is 0.103. The lowest BCUT2D eigenvalue weighted by atomic mass is 9.94. The molecule has 12 nitrogen and oxygen atoms in total. The molecular formula is C49H61F2N4O8PS. The van der Waals surface area contributed by atoms with Gasteiger partial charge in [-0.2, -0.15) is 0 Å². The van der Waals surface area contributed by atoms with Gasteiger partial charge in [0.1, 0.15) is 41.0 Å². The van der Waals surface area contributed by atoms with E-state index >= 15 is 8.78 Å². The number of halogens is 2. The molecule has 2 saturated heterocycles. The summed E-state index contributed by atoms with van der Waals surface area (Å²) in [5.41, 5.74) is 2.15. The molecule has 0 bridgehead atoms. The summed E-state index contributed by atoms with van der Waals surface area (Å²) in [5, 5.41) is 5.29. The van der Waals surface area contributed by atoms with Crippen molar-refractivity contribution in [3.63, 3.8) is 0 Å². The number of hydrogen-bond donors (Lipinski definition) is 2. The maximum Gasteiger partial charge on any atom is 0.306 e. The van der Waals surface area contributed by atoms with Gasteiger partial charge in [-0.3, -0.25) is 18.9 Å². The SMILES string of the molecule is COc1ccc2c(O[C@@H]3C[C@H]4C(=O)C[C@]5(P(=O)(O)Cc6c(F)cccc6F)C[C@@H]5CCCCCCC[C@H](CC(=O)OC5CCCC5)C(=O)N4C3)cc(-c3csc(NC(C)C)n3)nc2c1C. The molecule has 2 aromatic heterocycles. The number of thiazole rings is 1. The molecule has 8 rings (SSSR count). The van der Waals surface area contributed by atoms with E-state index in [4.69, 9.17) is 24.2 Å². The van der Waals surface area contributed by atoms with Gasteiger partial charge in [-0.15, -0.1) is 11.3 Å². The van der Waals surface area contributed by atoms with Crippen LogP contribution in [0, 0.1) is 30.4 Å². The lowest BCUT2D eigenvalue weighted by Gasteiger charge is -2.30. The Hall–Kier alpha value is -4.46. The maximum atomic E-state index is 15.0. The number of anilines is 1. The lowest BCUT2D eigenvalue weighted by Crippen LogP contribution is -2.45. The molecule has 0 radical (unpaired) electrons. The second kappa shape index (κ2) is 19.8. The molecule has 2 N–H and O–H groups in total. The van der Waals surface area contributed by atoms with Crippen LogP contribution in [-0.2, 0) is 29.8 Å². The van der Waals surface area contributed by atoms with Crippen molar-refractivity contribution < 1.29 is 46.8 Å². The largest absolute Gasteiger partial charge is 0.496 e. The highest BCUT2D eigenvalue weighted by molar-refractivity contribution is 7.59. The van der Waals surface area contributed by atoms with Crippen molar-refractivity contribution >= 4 is 52.4 Å². The van der Waals surface area contributed by atoms with Gasteiger partial charge < -0.3 is 29.3 Å². The standard InChI is InChI=1S/C49H61F2N4O8PS/c1-29(2)52-48-54-40(28-65-48)39-23-44(35-19-20-43(61-4)30(3)46(35)53-39)62-34-22-41-42(56)25-49(64(59,60)27-36-37(50)17-12-18-38(36)51)24-32(49)14-9-7-5-6-8-13-31(47(58)55(41)26-34)21-45(57)63-33-15-10-11-16-33/h12,17-20,23,28-29,31-34,41H,5-11,13-16,21-22,24-27H2,1-4H3,(H,52,54)(H,59,60)/t31-,32+,34-,41+,49-/m1/s1. The minimum absolute atomic E-state index is 0.0184. The van der Waals surface area contributed by atoms with Gasteiger partial charge in [0.25, 0.3) is 0 Å². The zero-order valence-electron chi connectivity index (χ0n) is 37.8. The number of fused-ring (bicyclic) bond motifs is 3. The Bertz CT molecular complexity index is 2440. The zero-order chi connectivity index (χ0) is 46.0. The first kappa shape index (κ1) is 47.0. The first-order valence-electron chi connectivity index (χ1n) is 23.3. The molecule has 4 fully saturated rings. The van der Waals surface area contributed by atoms with Crippen molar-refractivity contribution in [3.05, 3.63) is 64.5 Å². The third-order valence-electron chi connectivity index (χ3n) is 14.0. The van der Waals surface area contributed by atoms with Crippen molar-refractivity contribution in [3.8, 4) is 22.9 Å². The Kier molecular flexibility index (Phi) is 14.3. The summed E-state index contributed by atoms with van der Waals surface area (Å²) in [7, 11) is -2.83. The zero-order valence-corrected chi connectivity index (χ0v) is 39.5. The number of carbonyl (C=O) groups is 3. The molecule has 6 atom stereocenters. The number of hydrogen-bond acceptors (Lipinski definition) is 11. The normalized spacial score (nSPS) is 25.4. The van der Waals surface area contributed by atoms with E-state index in [1.807, 2.05) is 44.4 Å². The Morgan fingerprint density at radius 1 is 0.969 bits per heavy atom. The molecule has 1 unspecified atom stereocenters. The van der Waals surface area contributed by atoms with Crippen LogP contribution < -0.4 is 14.8 Å². The lowest BCUT2D eigenvalue weighted by molar-refractivity contribution is -0.154. The van der Waals surface area contributed by atoms with E-state index in [9.17, 15) is 23.8 Å². The Morgan fingerprint density at radius 3 is 2.40 bits per heavy atom. The first-order chi connectivity index (χ1) is 31.2. The molecule has 4 aliphatic rings. The minimum atomic E-state index is -4.42. The molecule has 4 heterocycles. The molecule has 2 aliphatic carbocycles. The molecule has 16 heteroatoms. The van der Waals surface area contributed by atoms with Crippen LogP contribution in [0.2, 0.25) is 0 Å². The Labute approximate surface area is 383 Å². The average molecular weight is 935 g/mol. The summed E-state index contributed by atoms with van der Waals surface area (Å²) >= 11 is 1.46. The minimum Gasteiger partial charge on any atom is -0.496 e. The number of Topliss-reactive ketones (excluding diaryl/α,β-unsaturated/α-hetero) is 1. The van der Waals surface area contributed by atoms with Crippen LogP contribution in [0.3, 0.4) is 0 Å². The number of esters is 1. The van der Waals surface area contributed by atoms with Gasteiger partial charge in [-0.05, 0) is 95.9 Å². The second-order valence-electron chi connectivity index (χ2n) is 19.0. The monoisotopic (exact) mass is 934 g/mol. The summed E-state index contributed by atoms with van der Waals surface area (Å²) in [6, 6.07) is 7.98. The average Bonchev–Trinajstić information content (AvgIpc) is 3.68. The van der Waals surface area contributed by atoms with Crippen molar-refractivity contribution in [2.75, 3.05) is 19.0 Å². The van der Waals surface area contributed by atoms with Gasteiger partial charge in [0, 0.05) is 52.8 Å². The van der Waals surface area contributed by atoms with E-state index in [0.29, 0.717) is 53.1 Å². The number of nitrogens with one attached hydrogen (secondary N) is 1. The number of aromatic nitrogens is 2. The van der Waals surface area contributed by atoms with Crippen LogP contribution in [0.1, 0.15) is 121 Å². The summed E-state index contributed by atoms with van der Waals surface area (Å²) in [6.07, 6.45) is 6.88.